The van der Waals surface area contributed by atoms with E-state index in [0.717, 1.165) is 36.6 Å². The molecule has 0 fully saturated rings. The molecule has 0 spiro atoms. The van der Waals surface area contributed by atoms with Crippen LogP contribution in [-0.4, -0.2) is 20.3 Å². The lowest BCUT2D eigenvalue weighted by Gasteiger charge is -2.07. The van der Waals surface area contributed by atoms with E-state index < -0.39 is 0 Å². The van der Waals surface area contributed by atoms with Crippen LogP contribution >= 0.6 is 0 Å². The summed E-state index contributed by atoms with van der Waals surface area (Å²) < 4.78 is 23.5. The Morgan fingerprint density at radius 3 is 2.29 bits per heavy atom. The number of hydrogen-bond donors (Lipinski definition) is 1. The van der Waals surface area contributed by atoms with E-state index in [1.807, 2.05) is 36.4 Å². The molecule has 2 aromatic rings. The predicted molar refractivity (Wildman–Crippen MR) is 80.0 cm³/mol. The molecule has 21 heavy (non-hydrogen) atoms. The van der Waals surface area contributed by atoms with Gasteiger partial charge in [0.2, 0.25) is 0 Å². The van der Waals surface area contributed by atoms with Gasteiger partial charge < -0.3 is 14.8 Å². The number of benzene rings is 2. The molecule has 0 amide bonds. The Morgan fingerprint density at radius 1 is 0.952 bits per heavy atom. The fourth-order valence-electron chi connectivity index (χ4n) is 1.98. The van der Waals surface area contributed by atoms with Crippen LogP contribution in [0.2, 0.25) is 0 Å². The Morgan fingerprint density at radius 2 is 1.62 bits per heavy atom. The molecule has 0 bridgehead atoms. The second-order valence-corrected chi connectivity index (χ2v) is 4.79. The van der Waals surface area contributed by atoms with Gasteiger partial charge in [0, 0.05) is 12.0 Å². The molecule has 0 heterocycles. The molecule has 3 nitrogen and oxygen atoms in total. The highest BCUT2D eigenvalue weighted by Crippen LogP contribution is 2.16. The highest BCUT2D eigenvalue weighted by atomic mass is 19.1. The molecule has 0 unspecified atom stereocenters. The molecule has 2 rings (SSSR count). The molecule has 2 aromatic carbocycles. The molecule has 0 aliphatic heterocycles. The Bertz CT molecular complexity index is 525. The van der Waals surface area contributed by atoms with E-state index in [0.29, 0.717) is 6.61 Å². The van der Waals surface area contributed by atoms with Gasteiger partial charge in [-0.15, -0.1) is 0 Å². The summed E-state index contributed by atoms with van der Waals surface area (Å²) in [6.07, 6.45) is 0.965. The number of rotatable bonds is 8. The normalized spacial score (nSPS) is 10.4. The van der Waals surface area contributed by atoms with Gasteiger partial charge in [0.05, 0.1) is 20.3 Å². The molecule has 2 N–H and O–H groups in total. The standard InChI is InChI=1S/C17H20FNO2/c1-20-16-7-9-17(10-8-16)21-12-2-11-19-13-14-3-5-15(18)6-4-14/h3-10,19H,2,11-13H2,1H3/p+1. The number of ether oxygens (including phenoxy) is 2. The van der Waals surface area contributed by atoms with Gasteiger partial charge in [-0.3, -0.25) is 0 Å². The van der Waals surface area contributed by atoms with Crippen LogP contribution in [0.1, 0.15) is 12.0 Å². The number of halogens is 1. The summed E-state index contributed by atoms with van der Waals surface area (Å²) >= 11 is 0. The average Bonchev–Trinajstić information content (AvgIpc) is 2.53. The highest BCUT2D eigenvalue weighted by molar-refractivity contribution is 5.31. The quantitative estimate of drug-likeness (QED) is 0.758. The van der Waals surface area contributed by atoms with Crippen LogP contribution in [0.25, 0.3) is 0 Å². The van der Waals surface area contributed by atoms with Crippen molar-refractivity contribution in [2.24, 2.45) is 0 Å². The van der Waals surface area contributed by atoms with Crippen molar-refractivity contribution in [2.75, 3.05) is 20.3 Å². The van der Waals surface area contributed by atoms with Crippen molar-refractivity contribution in [2.45, 2.75) is 13.0 Å². The zero-order valence-electron chi connectivity index (χ0n) is 12.2. The summed E-state index contributed by atoms with van der Waals surface area (Å²) in [5.41, 5.74) is 1.13. The maximum Gasteiger partial charge on any atom is 0.123 e. The Balaban J connectivity index is 1.58. The maximum absolute atomic E-state index is 12.7. The third-order valence-corrected chi connectivity index (χ3v) is 3.17. The Labute approximate surface area is 124 Å². The Kier molecular flexibility index (Phi) is 6.03. The fourth-order valence-corrected chi connectivity index (χ4v) is 1.98. The topological polar surface area (TPSA) is 35.1 Å². The van der Waals surface area contributed by atoms with Gasteiger partial charge in [0.25, 0.3) is 0 Å². The zero-order chi connectivity index (χ0) is 14.9. The molecule has 4 heteroatoms. The van der Waals surface area contributed by atoms with Crippen LogP contribution in [0.5, 0.6) is 11.5 Å². The summed E-state index contributed by atoms with van der Waals surface area (Å²) in [5, 5.41) is 2.20. The van der Waals surface area contributed by atoms with Gasteiger partial charge in [-0.1, -0.05) is 12.1 Å². The van der Waals surface area contributed by atoms with E-state index in [1.165, 1.54) is 12.1 Å². The largest absolute Gasteiger partial charge is 0.497 e. The lowest BCUT2D eigenvalue weighted by Crippen LogP contribution is -2.82. The number of quaternary nitrogens is 1. The van der Waals surface area contributed by atoms with Gasteiger partial charge in [-0.05, 0) is 36.4 Å². The summed E-state index contributed by atoms with van der Waals surface area (Å²) in [5.74, 6) is 1.50. The van der Waals surface area contributed by atoms with Gasteiger partial charge >= 0.3 is 0 Å². The number of nitrogens with two attached hydrogens (primary N) is 1. The van der Waals surface area contributed by atoms with Crippen LogP contribution in [0, 0.1) is 5.82 Å². The second kappa shape index (κ2) is 8.27. The van der Waals surface area contributed by atoms with E-state index in [4.69, 9.17) is 9.47 Å². The van der Waals surface area contributed by atoms with Crippen molar-refractivity contribution in [3.05, 3.63) is 59.9 Å². The minimum atomic E-state index is -0.188. The van der Waals surface area contributed by atoms with Gasteiger partial charge in [-0.2, -0.15) is 0 Å². The summed E-state index contributed by atoms with van der Waals surface area (Å²) in [6.45, 7) is 2.53. The molecule has 0 saturated heterocycles. The molecule has 0 aromatic heterocycles. The summed E-state index contributed by atoms with van der Waals surface area (Å²) in [4.78, 5) is 0. The lowest BCUT2D eigenvalue weighted by atomic mass is 10.2. The van der Waals surface area contributed by atoms with Crippen LogP contribution in [0.3, 0.4) is 0 Å². The molecule has 0 radical (unpaired) electrons. The third kappa shape index (κ3) is 5.44. The van der Waals surface area contributed by atoms with Crippen LogP contribution in [0.4, 0.5) is 4.39 Å². The van der Waals surface area contributed by atoms with E-state index >= 15 is 0 Å². The number of methoxy groups -OCH3 is 1. The van der Waals surface area contributed by atoms with Crippen molar-refractivity contribution in [1.82, 2.24) is 0 Å². The first-order valence-corrected chi connectivity index (χ1v) is 7.11. The highest BCUT2D eigenvalue weighted by Gasteiger charge is 1.98. The van der Waals surface area contributed by atoms with E-state index in [1.54, 1.807) is 7.11 Å². The van der Waals surface area contributed by atoms with Crippen molar-refractivity contribution in [3.8, 4) is 11.5 Å². The lowest BCUT2D eigenvalue weighted by molar-refractivity contribution is -0.671. The van der Waals surface area contributed by atoms with Gasteiger partial charge in [0.15, 0.2) is 0 Å². The van der Waals surface area contributed by atoms with Crippen LogP contribution in [-0.2, 0) is 6.54 Å². The minimum Gasteiger partial charge on any atom is -0.497 e. The van der Waals surface area contributed by atoms with E-state index in [-0.39, 0.29) is 5.82 Å². The van der Waals surface area contributed by atoms with Crippen molar-refractivity contribution < 1.29 is 19.2 Å². The van der Waals surface area contributed by atoms with E-state index in [9.17, 15) is 4.39 Å². The first-order valence-electron chi connectivity index (χ1n) is 7.11. The monoisotopic (exact) mass is 290 g/mol. The van der Waals surface area contributed by atoms with Crippen molar-refractivity contribution >= 4 is 0 Å². The minimum absolute atomic E-state index is 0.188. The molecule has 0 aliphatic carbocycles. The fraction of sp³-hybridized carbons (Fsp3) is 0.294. The first kappa shape index (κ1) is 15.3. The van der Waals surface area contributed by atoms with Crippen molar-refractivity contribution in [3.63, 3.8) is 0 Å². The Hall–Kier alpha value is -2.07. The van der Waals surface area contributed by atoms with Crippen molar-refractivity contribution in [1.29, 1.82) is 0 Å². The molecule has 112 valence electrons. The first-order chi connectivity index (χ1) is 10.3. The number of hydrogen-bond acceptors (Lipinski definition) is 2. The second-order valence-electron chi connectivity index (χ2n) is 4.79. The molecule has 0 atom stereocenters. The summed E-state index contributed by atoms with van der Waals surface area (Å²) in [6, 6.07) is 14.2. The van der Waals surface area contributed by atoms with Gasteiger partial charge in [-0.25, -0.2) is 4.39 Å². The molecular formula is C17H21FNO2+. The van der Waals surface area contributed by atoms with Crippen LogP contribution in [0.15, 0.2) is 48.5 Å². The van der Waals surface area contributed by atoms with Gasteiger partial charge in [0.1, 0.15) is 23.9 Å². The SMILES string of the molecule is COc1ccc(OCCC[NH2+]Cc2ccc(F)cc2)cc1. The van der Waals surface area contributed by atoms with Crippen LogP contribution < -0.4 is 14.8 Å². The average molecular weight is 290 g/mol. The van der Waals surface area contributed by atoms with E-state index in [2.05, 4.69) is 5.32 Å². The maximum atomic E-state index is 12.7. The molecule has 0 aliphatic rings. The molecular weight excluding hydrogens is 269 g/mol. The smallest absolute Gasteiger partial charge is 0.123 e. The summed E-state index contributed by atoms with van der Waals surface area (Å²) in [7, 11) is 1.65. The third-order valence-electron chi connectivity index (χ3n) is 3.17. The molecule has 0 saturated carbocycles. The predicted octanol–water partition coefficient (Wildman–Crippen LogP) is 2.37. The zero-order valence-corrected chi connectivity index (χ0v) is 12.2.